The van der Waals surface area contributed by atoms with Crippen LogP contribution in [0.15, 0.2) is 0 Å². The summed E-state index contributed by atoms with van der Waals surface area (Å²) in [5.41, 5.74) is -0.428. The Balaban J connectivity index is 4.02. The zero-order valence-corrected chi connectivity index (χ0v) is 8.12. The molecule has 0 aromatic rings. The van der Waals surface area contributed by atoms with Crippen molar-refractivity contribution >= 4 is 5.91 Å². The van der Waals surface area contributed by atoms with Gasteiger partial charge < -0.3 is 10.6 Å². The molecule has 2 N–H and O–H groups in total. The summed E-state index contributed by atoms with van der Waals surface area (Å²) in [6.07, 6.45) is 0. The average molecular weight is 168 g/mol. The first-order valence-corrected chi connectivity index (χ1v) is 3.91. The maximum absolute atomic E-state index is 11.1. The number of likely N-dealkylation sites (N-methyl/N-ethyl adjacent to an activating group) is 1. The minimum absolute atomic E-state index is 0.0368. The summed E-state index contributed by atoms with van der Waals surface area (Å²) in [4.78, 5) is 11.1. The van der Waals surface area contributed by atoms with Crippen molar-refractivity contribution in [1.82, 2.24) is 10.6 Å². The van der Waals surface area contributed by atoms with Crippen molar-refractivity contribution in [2.75, 3.05) is 13.6 Å². The van der Waals surface area contributed by atoms with Gasteiger partial charge in [-0.15, -0.1) is 5.92 Å². The molecule has 0 aromatic heterocycles. The van der Waals surface area contributed by atoms with E-state index in [-0.39, 0.29) is 5.91 Å². The number of nitrogens with one attached hydrogen (secondary N) is 2. The third-order valence-electron chi connectivity index (χ3n) is 1.23. The van der Waals surface area contributed by atoms with Crippen LogP contribution in [0, 0.1) is 11.8 Å². The Hall–Kier alpha value is -1.01. The first-order chi connectivity index (χ1) is 5.52. The van der Waals surface area contributed by atoms with Crippen molar-refractivity contribution in [3.8, 4) is 11.8 Å². The topological polar surface area (TPSA) is 41.1 Å². The lowest BCUT2D eigenvalue weighted by atomic mass is 10.1. The van der Waals surface area contributed by atoms with Crippen molar-refractivity contribution in [2.45, 2.75) is 26.3 Å². The molecule has 0 spiro atoms. The number of carbonyl (C=O) groups excluding carboxylic acids is 1. The number of rotatable bonds is 3. The Kier molecular flexibility index (Phi) is 4.38. The highest BCUT2D eigenvalue weighted by Crippen LogP contribution is 1.98. The summed E-state index contributed by atoms with van der Waals surface area (Å²) in [5.74, 6) is 5.63. The van der Waals surface area contributed by atoms with E-state index in [4.69, 9.17) is 0 Å². The summed E-state index contributed by atoms with van der Waals surface area (Å²) in [6.45, 7) is 5.83. The normalized spacial score (nSPS) is 10.0. The van der Waals surface area contributed by atoms with Gasteiger partial charge in [-0.3, -0.25) is 4.79 Å². The van der Waals surface area contributed by atoms with Gasteiger partial charge in [-0.1, -0.05) is 5.92 Å². The van der Waals surface area contributed by atoms with Crippen LogP contribution < -0.4 is 10.6 Å². The van der Waals surface area contributed by atoms with Crippen molar-refractivity contribution < 1.29 is 4.79 Å². The third-order valence-corrected chi connectivity index (χ3v) is 1.23. The van der Waals surface area contributed by atoms with Crippen LogP contribution in [0.25, 0.3) is 0 Å². The van der Waals surface area contributed by atoms with E-state index >= 15 is 0 Å². The zero-order chi connectivity index (χ0) is 9.61. The van der Waals surface area contributed by atoms with Gasteiger partial charge in [0, 0.05) is 0 Å². The second kappa shape index (κ2) is 4.78. The Morgan fingerprint density at radius 3 is 2.50 bits per heavy atom. The van der Waals surface area contributed by atoms with E-state index < -0.39 is 5.54 Å². The van der Waals surface area contributed by atoms with Gasteiger partial charge in [0.05, 0.1) is 12.1 Å². The number of amides is 1. The molecule has 0 radical (unpaired) electrons. The van der Waals surface area contributed by atoms with Crippen molar-refractivity contribution in [3.05, 3.63) is 0 Å². The molecule has 0 aliphatic carbocycles. The van der Waals surface area contributed by atoms with Crippen LogP contribution in [0.2, 0.25) is 0 Å². The van der Waals surface area contributed by atoms with E-state index in [1.54, 1.807) is 14.0 Å². The van der Waals surface area contributed by atoms with Gasteiger partial charge in [-0.25, -0.2) is 0 Å². The van der Waals surface area contributed by atoms with Gasteiger partial charge in [0.1, 0.15) is 0 Å². The molecule has 0 aliphatic heterocycles. The predicted octanol–water partition coefficient (Wildman–Crippen LogP) is 0.124. The van der Waals surface area contributed by atoms with E-state index in [2.05, 4.69) is 22.5 Å². The highest BCUT2D eigenvalue weighted by atomic mass is 16.2. The predicted molar refractivity (Wildman–Crippen MR) is 49.6 cm³/mol. The fourth-order valence-electron chi connectivity index (χ4n) is 0.897. The van der Waals surface area contributed by atoms with E-state index in [1.165, 1.54) is 0 Å². The molecule has 1 amide bonds. The Labute approximate surface area is 73.9 Å². The summed E-state index contributed by atoms with van der Waals surface area (Å²) in [6, 6.07) is 0. The van der Waals surface area contributed by atoms with Crippen LogP contribution in [-0.2, 0) is 4.79 Å². The first kappa shape index (κ1) is 11.0. The lowest BCUT2D eigenvalue weighted by Crippen LogP contribution is -2.45. The largest absolute Gasteiger partial charge is 0.339 e. The van der Waals surface area contributed by atoms with E-state index in [9.17, 15) is 4.79 Å². The van der Waals surface area contributed by atoms with E-state index in [0.29, 0.717) is 6.54 Å². The molecule has 0 atom stereocenters. The van der Waals surface area contributed by atoms with Crippen molar-refractivity contribution in [3.63, 3.8) is 0 Å². The average Bonchev–Trinajstić information content (AvgIpc) is 1.85. The molecule has 0 saturated heterocycles. The lowest BCUT2D eigenvalue weighted by Gasteiger charge is -2.19. The fourth-order valence-corrected chi connectivity index (χ4v) is 0.897. The molecular weight excluding hydrogens is 152 g/mol. The number of hydrogen-bond acceptors (Lipinski definition) is 2. The maximum atomic E-state index is 11.1. The molecule has 0 saturated carbocycles. The molecule has 0 rings (SSSR count). The molecule has 0 bridgehead atoms. The Morgan fingerprint density at radius 1 is 1.50 bits per heavy atom. The highest BCUT2D eigenvalue weighted by Gasteiger charge is 2.15. The van der Waals surface area contributed by atoms with Crippen LogP contribution in [0.5, 0.6) is 0 Å². The van der Waals surface area contributed by atoms with Gasteiger partial charge in [-0.05, 0) is 27.8 Å². The number of carbonyl (C=O) groups is 1. The summed E-state index contributed by atoms with van der Waals surface area (Å²) >= 11 is 0. The number of hydrogen-bond donors (Lipinski definition) is 2. The quantitative estimate of drug-likeness (QED) is 0.588. The molecule has 0 heterocycles. The zero-order valence-electron chi connectivity index (χ0n) is 8.12. The second-order valence-corrected chi connectivity index (χ2v) is 3.08. The van der Waals surface area contributed by atoms with Crippen molar-refractivity contribution in [1.29, 1.82) is 0 Å². The van der Waals surface area contributed by atoms with Crippen LogP contribution in [0.4, 0.5) is 0 Å². The SMILES string of the molecule is CC#CC(C)(C)NC(=O)CNC. The van der Waals surface area contributed by atoms with E-state index in [0.717, 1.165) is 0 Å². The highest BCUT2D eigenvalue weighted by molar-refractivity contribution is 5.79. The summed E-state index contributed by atoms with van der Waals surface area (Å²) in [7, 11) is 1.73. The molecule has 12 heavy (non-hydrogen) atoms. The molecule has 68 valence electrons. The first-order valence-electron chi connectivity index (χ1n) is 3.91. The lowest BCUT2D eigenvalue weighted by molar-refractivity contribution is -0.121. The molecule has 0 unspecified atom stereocenters. The Morgan fingerprint density at radius 2 is 2.08 bits per heavy atom. The van der Waals surface area contributed by atoms with Crippen LogP contribution >= 0.6 is 0 Å². The van der Waals surface area contributed by atoms with Crippen LogP contribution in [-0.4, -0.2) is 25.0 Å². The molecule has 0 aliphatic rings. The minimum Gasteiger partial charge on any atom is -0.339 e. The van der Waals surface area contributed by atoms with Gasteiger partial charge in [0.15, 0.2) is 0 Å². The van der Waals surface area contributed by atoms with Gasteiger partial charge >= 0.3 is 0 Å². The monoisotopic (exact) mass is 168 g/mol. The van der Waals surface area contributed by atoms with Gasteiger partial charge in [0.2, 0.25) is 5.91 Å². The van der Waals surface area contributed by atoms with E-state index in [1.807, 2.05) is 13.8 Å². The Bertz CT molecular complexity index is 210. The molecule has 3 nitrogen and oxygen atoms in total. The smallest absolute Gasteiger partial charge is 0.235 e. The van der Waals surface area contributed by atoms with Crippen LogP contribution in [0.1, 0.15) is 20.8 Å². The molecule has 3 heteroatoms. The second-order valence-electron chi connectivity index (χ2n) is 3.08. The minimum atomic E-state index is -0.428. The molecule has 0 fully saturated rings. The van der Waals surface area contributed by atoms with Crippen LogP contribution in [0.3, 0.4) is 0 Å². The third kappa shape index (κ3) is 4.75. The molecular formula is C9H16N2O. The fraction of sp³-hybridized carbons (Fsp3) is 0.667. The van der Waals surface area contributed by atoms with Gasteiger partial charge in [0.25, 0.3) is 0 Å². The summed E-state index contributed by atoms with van der Waals surface area (Å²) in [5, 5.41) is 5.55. The molecule has 0 aromatic carbocycles. The van der Waals surface area contributed by atoms with Crippen molar-refractivity contribution in [2.24, 2.45) is 0 Å². The summed E-state index contributed by atoms with van der Waals surface area (Å²) < 4.78 is 0. The standard InChI is InChI=1S/C9H16N2O/c1-5-6-9(2,3)11-8(12)7-10-4/h10H,7H2,1-4H3,(H,11,12). The van der Waals surface area contributed by atoms with Gasteiger partial charge in [-0.2, -0.15) is 0 Å². The maximum Gasteiger partial charge on any atom is 0.235 e.